The second-order valence-electron chi connectivity index (χ2n) is 12.7. The van der Waals surface area contributed by atoms with Gasteiger partial charge >= 0.3 is 5.97 Å². The number of allylic oxidation sites excluding steroid dienone is 1. The molecule has 0 amide bonds. The van der Waals surface area contributed by atoms with E-state index in [-0.39, 0.29) is 23.7 Å². The molecule has 1 N–H and O–H groups in total. The molecule has 5 rings (SSSR count). The molecule has 1 atom stereocenters. The van der Waals surface area contributed by atoms with E-state index in [1.165, 1.54) is 6.42 Å². The molecule has 3 aromatic carbocycles. The van der Waals surface area contributed by atoms with Crippen LogP contribution < -0.4 is 4.74 Å². The van der Waals surface area contributed by atoms with E-state index in [1.54, 1.807) is 0 Å². The summed E-state index contributed by atoms with van der Waals surface area (Å²) >= 11 is 0. The first-order valence-corrected chi connectivity index (χ1v) is 18.6. The fraction of sp³-hybridized carbons (Fsp3) is 0.361. The number of benzene rings is 3. The van der Waals surface area contributed by atoms with Gasteiger partial charge in [-0.25, -0.2) is 4.79 Å². The highest BCUT2D eigenvalue weighted by molar-refractivity contribution is 6.76. The highest BCUT2D eigenvalue weighted by atomic mass is 28.3. The Morgan fingerprint density at radius 3 is 2.29 bits per heavy atom. The third-order valence-electron chi connectivity index (χ3n) is 8.31. The molecular weight excluding hydrogens is 524 g/mol. The van der Waals surface area contributed by atoms with Crippen LogP contribution in [0.25, 0.3) is 5.57 Å². The SMILES string of the molecule is C[Si](C)(C)C/C=C(/C1=C(O)CC(c2ccccc2)(C2CCCCC2)OC1=O)c1cccc(OCc2ccccc2)c1. The van der Waals surface area contributed by atoms with Crippen LogP contribution in [0.3, 0.4) is 0 Å². The number of hydrogen-bond acceptors (Lipinski definition) is 4. The van der Waals surface area contributed by atoms with Crippen LogP contribution in [0.15, 0.2) is 102 Å². The average molecular weight is 567 g/mol. The van der Waals surface area contributed by atoms with Crippen molar-refractivity contribution in [1.29, 1.82) is 0 Å². The monoisotopic (exact) mass is 566 g/mol. The second kappa shape index (κ2) is 12.5. The summed E-state index contributed by atoms with van der Waals surface area (Å²) in [5, 5.41) is 11.8. The number of hydrogen-bond donors (Lipinski definition) is 1. The van der Waals surface area contributed by atoms with E-state index in [4.69, 9.17) is 9.47 Å². The molecule has 0 saturated heterocycles. The lowest BCUT2D eigenvalue weighted by molar-refractivity contribution is -0.169. The Hall–Kier alpha value is -3.57. The zero-order valence-electron chi connectivity index (χ0n) is 24.6. The predicted octanol–water partition coefficient (Wildman–Crippen LogP) is 9.22. The molecule has 5 heteroatoms. The Morgan fingerprint density at radius 1 is 0.951 bits per heavy atom. The van der Waals surface area contributed by atoms with E-state index in [0.29, 0.717) is 6.61 Å². The maximum absolute atomic E-state index is 14.1. The van der Waals surface area contributed by atoms with Crippen LogP contribution >= 0.6 is 0 Å². The number of ether oxygens (including phenoxy) is 2. The van der Waals surface area contributed by atoms with Crippen molar-refractivity contribution in [2.75, 3.05) is 0 Å². The molecule has 1 aliphatic carbocycles. The van der Waals surface area contributed by atoms with E-state index < -0.39 is 19.6 Å². The van der Waals surface area contributed by atoms with Crippen LogP contribution in [0.4, 0.5) is 0 Å². The zero-order chi connectivity index (χ0) is 28.9. The van der Waals surface area contributed by atoms with Gasteiger partial charge in [0.2, 0.25) is 0 Å². The number of cyclic esters (lactones) is 1. The topological polar surface area (TPSA) is 55.8 Å². The molecule has 0 aromatic heterocycles. The standard InChI is InChI=1S/C36H42O4Si/c1-41(2,3)23-22-32(28-16-13-21-31(24-28)39-26-27-14-7-4-8-15-27)34-33(37)25-36(40-35(34)38,29-17-9-5-10-18-29)30-19-11-6-12-20-30/h4-5,7-10,13-18,21-22,24,30,37H,6,11-12,19-20,23,25-26H2,1-3H3/b32-22+. The van der Waals surface area contributed by atoms with Crippen molar-refractivity contribution in [1.82, 2.24) is 0 Å². The third kappa shape index (κ3) is 6.84. The number of aliphatic hydroxyl groups excluding tert-OH is 1. The number of carbonyl (C=O) groups is 1. The van der Waals surface area contributed by atoms with Crippen LogP contribution in [0.1, 0.15) is 55.2 Å². The number of esters is 1. The summed E-state index contributed by atoms with van der Waals surface area (Å²) in [6, 6.07) is 28.8. The minimum Gasteiger partial charge on any atom is -0.511 e. The normalized spacial score (nSPS) is 20.6. The molecule has 1 fully saturated rings. The Kier molecular flexibility index (Phi) is 8.84. The van der Waals surface area contributed by atoms with Crippen molar-refractivity contribution in [2.45, 2.75) is 76.4 Å². The first-order chi connectivity index (χ1) is 19.7. The van der Waals surface area contributed by atoms with Gasteiger partial charge in [-0.2, -0.15) is 0 Å². The lowest BCUT2D eigenvalue weighted by Crippen LogP contribution is -2.45. The van der Waals surface area contributed by atoms with Crippen LogP contribution in [0, 0.1) is 5.92 Å². The molecule has 3 aromatic rings. The Labute approximate surface area is 245 Å². The summed E-state index contributed by atoms with van der Waals surface area (Å²) < 4.78 is 12.7. The highest BCUT2D eigenvalue weighted by Crippen LogP contribution is 2.50. The molecule has 0 spiro atoms. The quantitative estimate of drug-likeness (QED) is 0.207. The van der Waals surface area contributed by atoms with Gasteiger partial charge in [-0.3, -0.25) is 0 Å². The van der Waals surface area contributed by atoms with Crippen LogP contribution in [0.2, 0.25) is 25.7 Å². The van der Waals surface area contributed by atoms with Gasteiger partial charge in [0.25, 0.3) is 0 Å². The third-order valence-corrected chi connectivity index (χ3v) is 9.73. The number of carbonyl (C=O) groups excluding carboxylic acids is 1. The first kappa shape index (κ1) is 28.9. The minimum atomic E-state index is -1.51. The molecule has 4 nitrogen and oxygen atoms in total. The average Bonchev–Trinajstić information content (AvgIpc) is 2.98. The highest BCUT2D eigenvalue weighted by Gasteiger charge is 2.49. The maximum Gasteiger partial charge on any atom is 0.343 e. The minimum absolute atomic E-state index is 0.119. The van der Waals surface area contributed by atoms with Crippen LogP contribution in [0.5, 0.6) is 5.75 Å². The molecule has 1 saturated carbocycles. The molecular formula is C36H42O4Si. The lowest BCUT2D eigenvalue weighted by Gasteiger charge is -2.45. The van der Waals surface area contributed by atoms with E-state index in [9.17, 15) is 9.90 Å². The summed E-state index contributed by atoms with van der Waals surface area (Å²) in [5.74, 6) is 0.569. The molecule has 1 heterocycles. The van der Waals surface area contributed by atoms with Gasteiger partial charge in [-0.15, -0.1) is 0 Å². The molecule has 1 unspecified atom stereocenters. The van der Waals surface area contributed by atoms with Crippen LogP contribution in [-0.4, -0.2) is 19.1 Å². The van der Waals surface area contributed by atoms with Gasteiger partial charge in [0.1, 0.15) is 29.3 Å². The summed E-state index contributed by atoms with van der Waals surface area (Å²) in [7, 11) is -1.51. The van der Waals surface area contributed by atoms with Crippen LogP contribution in [-0.2, 0) is 21.7 Å². The summed E-state index contributed by atoms with van der Waals surface area (Å²) in [6.07, 6.45) is 7.84. The van der Waals surface area contributed by atoms with Crippen molar-refractivity contribution in [3.05, 3.63) is 119 Å². The molecule has 214 valence electrons. The Balaban J connectivity index is 1.53. The zero-order valence-corrected chi connectivity index (χ0v) is 25.6. The van der Waals surface area contributed by atoms with Crippen molar-refractivity contribution in [3.8, 4) is 5.75 Å². The summed E-state index contributed by atoms with van der Waals surface area (Å²) in [5.41, 5.74) is 3.06. The molecule has 0 radical (unpaired) electrons. The van der Waals surface area contributed by atoms with Crippen molar-refractivity contribution in [3.63, 3.8) is 0 Å². The summed E-state index contributed by atoms with van der Waals surface area (Å²) in [4.78, 5) is 14.1. The second-order valence-corrected chi connectivity index (χ2v) is 18.2. The molecule has 41 heavy (non-hydrogen) atoms. The van der Waals surface area contributed by atoms with Gasteiger partial charge in [0.15, 0.2) is 0 Å². The van der Waals surface area contributed by atoms with E-state index in [2.05, 4.69) is 25.7 Å². The van der Waals surface area contributed by atoms with E-state index in [1.807, 2.05) is 84.9 Å². The Bertz CT molecular complexity index is 1400. The van der Waals surface area contributed by atoms with Gasteiger partial charge in [0.05, 0.1) is 6.42 Å². The molecule has 0 bridgehead atoms. The fourth-order valence-electron chi connectivity index (χ4n) is 6.15. The largest absolute Gasteiger partial charge is 0.511 e. The fourth-order valence-corrected chi connectivity index (χ4v) is 6.97. The summed E-state index contributed by atoms with van der Waals surface area (Å²) in [6.45, 7) is 7.36. The Morgan fingerprint density at radius 2 is 1.63 bits per heavy atom. The predicted molar refractivity (Wildman–Crippen MR) is 168 cm³/mol. The van der Waals surface area contributed by atoms with E-state index >= 15 is 0 Å². The van der Waals surface area contributed by atoms with Crippen molar-refractivity contribution < 1.29 is 19.4 Å². The molecule has 1 aliphatic heterocycles. The van der Waals surface area contributed by atoms with E-state index in [0.717, 1.165) is 59.7 Å². The van der Waals surface area contributed by atoms with Gasteiger partial charge in [0, 0.05) is 14.0 Å². The van der Waals surface area contributed by atoms with Crippen molar-refractivity contribution >= 4 is 19.6 Å². The maximum atomic E-state index is 14.1. The molecule has 2 aliphatic rings. The number of rotatable bonds is 9. The van der Waals surface area contributed by atoms with Gasteiger partial charge in [-0.05, 0) is 53.3 Å². The van der Waals surface area contributed by atoms with Gasteiger partial charge < -0.3 is 14.6 Å². The number of aliphatic hydroxyl groups is 1. The lowest BCUT2D eigenvalue weighted by atomic mass is 9.70. The smallest absolute Gasteiger partial charge is 0.343 e. The first-order valence-electron chi connectivity index (χ1n) is 14.9. The van der Waals surface area contributed by atoms with Gasteiger partial charge in [-0.1, -0.05) is 118 Å². The van der Waals surface area contributed by atoms with Crippen molar-refractivity contribution in [2.24, 2.45) is 5.92 Å².